The van der Waals surface area contributed by atoms with E-state index in [-0.39, 0.29) is 5.91 Å². The van der Waals surface area contributed by atoms with Gasteiger partial charge in [-0.2, -0.15) is 13.2 Å². The zero-order valence-electron chi connectivity index (χ0n) is 16.1. The van der Waals surface area contributed by atoms with Crippen molar-refractivity contribution in [1.29, 1.82) is 0 Å². The number of rotatable bonds is 2. The van der Waals surface area contributed by atoms with Gasteiger partial charge in [-0.05, 0) is 32.0 Å². The van der Waals surface area contributed by atoms with Crippen LogP contribution in [0.4, 0.5) is 13.2 Å². The molecule has 0 heterocycles. The first-order valence-electron chi connectivity index (χ1n) is 8.58. The molecular weight excluding hydrogens is 339 g/mol. The Bertz CT molecular complexity index is 664. The molecule has 0 fully saturated rings. The van der Waals surface area contributed by atoms with Crippen LogP contribution in [0.2, 0.25) is 0 Å². The van der Waals surface area contributed by atoms with Gasteiger partial charge in [-0.1, -0.05) is 68.1 Å². The molecule has 0 saturated carbocycles. The molecule has 1 amide bonds. The molecule has 0 aliphatic rings. The summed E-state index contributed by atoms with van der Waals surface area (Å²) in [7, 11) is 1.63. The van der Waals surface area contributed by atoms with Gasteiger partial charge in [-0.15, -0.1) is 0 Å². The van der Waals surface area contributed by atoms with Crippen LogP contribution in [-0.4, -0.2) is 13.0 Å². The molecule has 0 spiro atoms. The van der Waals surface area contributed by atoms with Crippen LogP contribution in [0.25, 0.3) is 0 Å². The summed E-state index contributed by atoms with van der Waals surface area (Å²) in [6, 6.07) is 12.7. The smallest absolute Gasteiger partial charge is 0.355 e. The minimum Gasteiger partial charge on any atom is -0.355 e. The van der Waals surface area contributed by atoms with Gasteiger partial charge in [0.05, 0.1) is 5.56 Å². The number of carbonyl (C=O) groups is 1. The quantitative estimate of drug-likeness (QED) is 0.675. The predicted molar refractivity (Wildman–Crippen MR) is 101 cm³/mol. The fourth-order valence-electron chi connectivity index (χ4n) is 1.75. The molecular formula is C21H28F3NO. The minimum atomic E-state index is -4.22. The van der Waals surface area contributed by atoms with E-state index < -0.39 is 11.7 Å². The molecule has 0 bridgehead atoms. The van der Waals surface area contributed by atoms with Gasteiger partial charge in [-0.25, -0.2) is 0 Å². The molecule has 144 valence electrons. The van der Waals surface area contributed by atoms with Crippen molar-refractivity contribution in [2.75, 3.05) is 7.05 Å². The van der Waals surface area contributed by atoms with Crippen molar-refractivity contribution in [3.63, 3.8) is 0 Å². The standard InChI is InChI=1S/C9H11NO.C8H7F3.C4H10/c1-7-4-3-5-8(6-7)9(11)10-2;1-6-3-2-4-7(5-6)8(9,10)11;1-3-4-2/h3-6H,1-2H3,(H,10,11);2-5H,1H3;3-4H2,1-2H3. The molecule has 0 aliphatic heterocycles. The second kappa shape index (κ2) is 12.1. The number of amides is 1. The fourth-order valence-corrected chi connectivity index (χ4v) is 1.75. The summed E-state index contributed by atoms with van der Waals surface area (Å²) in [5.74, 6) is -0.0336. The molecule has 0 saturated heterocycles. The third-order valence-electron chi connectivity index (χ3n) is 3.35. The molecule has 2 aromatic carbocycles. The van der Waals surface area contributed by atoms with E-state index in [4.69, 9.17) is 0 Å². The molecule has 2 aromatic rings. The van der Waals surface area contributed by atoms with E-state index >= 15 is 0 Å². The molecule has 2 rings (SSSR count). The highest BCUT2D eigenvalue weighted by Gasteiger charge is 2.29. The predicted octanol–water partition coefficient (Wildman–Crippen LogP) is 6.17. The largest absolute Gasteiger partial charge is 0.416 e. The van der Waals surface area contributed by atoms with E-state index in [1.54, 1.807) is 26.1 Å². The molecule has 5 heteroatoms. The normalized spacial score (nSPS) is 10.0. The van der Waals surface area contributed by atoms with E-state index in [0.29, 0.717) is 11.1 Å². The van der Waals surface area contributed by atoms with E-state index in [2.05, 4.69) is 19.2 Å². The van der Waals surface area contributed by atoms with Crippen molar-refractivity contribution in [1.82, 2.24) is 5.32 Å². The van der Waals surface area contributed by atoms with Crippen LogP contribution in [0, 0.1) is 13.8 Å². The summed E-state index contributed by atoms with van der Waals surface area (Å²) in [6.45, 7) is 7.96. The lowest BCUT2D eigenvalue weighted by Gasteiger charge is -2.05. The monoisotopic (exact) mass is 367 g/mol. The summed E-state index contributed by atoms with van der Waals surface area (Å²) >= 11 is 0. The van der Waals surface area contributed by atoms with Crippen molar-refractivity contribution in [3.8, 4) is 0 Å². The maximum atomic E-state index is 12.0. The van der Waals surface area contributed by atoms with Gasteiger partial charge >= 0.3 is 6.18 Å². The number of halogens is 3. The number of benzene rings is 2. The summed E-state index contributed by atoms with van der Waals surface area (Å²) < 4.78 is 35.9. The first-order chi connectivity index (χ1) is 12.1. The Morgan fingerprint density at radius 3 is 1.77 bits per heavy atom. The van der Waals surface area contributed by atoms with Crippen LogP contribution in [0.5, 0.6) is 0 Å². The summed E-state index contributed by atoms with van der Waals surface area (Å²) in [5.41, 5.74) is 1.86. The number of nitrogens with one attached hydrogen (secondary N) is 1. The van der Waals surface area contributed by atoms with Gasteiger partial charge < -0.3 is 5.32 Å². The van der Waals surface area contributed by atoms with Gasteiger partial charge in [-0.3, -0.25) is 4.79 Å². The van der Waals surface area contributed by atoms with Crippen molar-refractivity contribution in [3.05, 3.63) is 70.8 Å². The van der Waals surface area contributed by atoms with Gasteiger partial charge in [0, 0.05) is 12.6 Å². The minimum absolute atomic E-state index is 0.0336. The summed E-state index contributed by atoms with van der Waals surface area (Å²) in [5, 5.41) is 2.57. The van der Waals surface area contributed by atoms with E-state index in [1.165, 1.54) is 18.9 Å². The van der Waals surface area contributed by atoms with Crippen molar-refractivity contribution >= 4 is 5.91 Å². The van der Waals surface area contributed by atoms with Gasteiger partial charge in [0.1, 0.15) is 0 Å². The van der Waals surface area contributed by atoms with E-state index in [0.717, 1.165) is 17.7 Å². The number of unbranched alkanes of at least 4 members (excludes halogenated alkanes) is 1. The number of carbonyl (C=O) groups excluding carboxylic acids is 1. The number of hydrogen-bond donors (Lipinski definition) is 1. The third-order valence-corrected chi connectivity index (χ3v) is 3.35. The first-order valence-corrected chi connectivity index (χ1v) is 8.58. The molecule has 0 aromatic heterocycles. The van der Waals surface area contributed by atoms with E-state index in [9.17, 15) is 18.0 Å². The highest BCUT2D eigenvalue weighted by molar-refractivity contribution is 5.94. The average Bonchev–Trinajstić information content (AvgIpc) is 2.61. The first kappa shape index (κ1) is 23.7. The van der Waals surface area contributed by atoms with Crippen LogP contribution in [0.15, 0.2) is 48.5 Å². The second-order valence-corrected chi connectivity index (χ2v) is 5.82. The molecule has 26 heavy (non-hydrogen) atoms. The number of alkyl halides is 3. The van der Waals surface area contributed by atoms with Gasteiger partial charge in [0.15, 0.2) is 0 Å². The number of hydrogen-bond acceptors (Lipinski definition) is 1. The zero-order valence-corrected chi connectivity index (χ0v) is 16.1. The van der Waals surface area contributed by atoms with Crippen molar-refractivity contribution in [2.45, 2.75) is 46.7 Å². The summed E-state index contributed by atoms with van der Waals surface area (Å²) in [6.07, 6.45) is -1.58. The Kier molecular flexibility index (Phi) is 11.0. The molecule has 2 nitrogen and oxygen atoms in total. The van der Waals surface area contributed by atoms with Crippen molar-refractivity contribution in [2.24, 2.45) is 0 Å². The molecule has 0 atom stereocenters. The van der Waals surface area contributed by atoms with Crippen LogP contribution in [0.3, 0.4) is 0 Å². The SMILES string of the molecule is CCCC.CNC(=O)c1cccc(C)c1.Cc1cccc(C(F)(F)F)c1. The lowest BCUT2D eigenvalue weighted by Crippen LogP contribution is -2.17. The van der Waals surface area contributed by atoms with Crippen LogP contribution in [0.1, 0.15) is 53.7 Å². The lowest BCUT2D eigenvalue weighted by molar-refractivity contribution is -0.137. The molecule has 0 radical (unpaired) electrons. The van der Waals surface area contributed by atoms with Gasteiger partial charge in [0.2, 0.25) is 0 Å². The Morgan fingerprint density at radius 2 is 1.42 bits per heavy atom. The van der Waals surface area contributed by atoms with Crippen LogP contribution >= 0.6 is 0 Å². The zero-order chi connectivity index (χ0) is 20.2. The third kappa shape index (κ3) is 9.87. The fraction of sp³-hybridized carbons (Fsp3) is 0.381. The van der Waals surface area contributed by atoms with Crippen molar-refractivity contribution < 1.29 is 18.0 Å². The number of aryl methyl sites for hydroxylation is 2. The summed E-state index contributed by atoms with van der Waals surface area (Å²) in [4.78, 5) is 11.1. The Hall–Kier alpha value is -2.30. The topological polar surface area (TPSA) is 29.1 Å². The Morgan fingerprint density at radius 1 is 0.923 bits per heavy atom. The van der Waals surface area contributed by atoms with Crippen LogP contribution in [-0.2, 0) is 6.18 Å². The maximum Gasteiger partial charge on any atom is 0.416 e. The molecule has 0 unspecified atom stereocenters. The van der Waals surface area contributed by atoms with Gasteiger partial charge in [0.25, 0.3) is 5.91 Å². The Labute approximate surface area is 154 Å². The Balaban J connectivity index is 0.000000401. The second-order valence-electron chi connectivity index (χ2n) is 5.82. The van der Waals surface area contributed by atoms with Crippen LogP contribution < -0.4 is 5.32 Å². The van der Waals surface area contributed by atoms with E-state index in [1.807, 2.05) is 25.1 Å². The highest BCUT2D eigenvalue weighted by atomic mass is 19.4. The molecule has 1 N–H and O–H groups in total. The lowest BCUT2D eigenvalue weighted by atomic mass is 10.1. The maximum absolute atomic E-state index is 12.0. The highest BCUT2D eigenvalue weighted by Crippen LogP contribution is 2.29. The average molecular weight is 367 g/mol. The molecule has 0 aliphatic carbocycles.